The average Bonchev–Trinajstić information content (AvgIpc) is 2.89. The smallest absolute Gasteiger partial charge is 0.247 e. The molecule has 0 radical (unpaired) electrons. The number of hydrogen-bond acceptors (Lipinski definition) is 3. The monoisotopic (exact) mass is 356 g/mol. The summed E-state index contributed by atoms with van der Waals surface area (Å²) in [6.07, 6.45) is 5.31. The molecule has 3 heterocycles. The van der Waals surface area contributed by atoms with Crippen molar-refractivity contribution < 1.29 is 4.79 Å². The van der Waals surface area contributed by atoms with Crippen LogP contribution in [-0.4, -0.2) is 38.7 Å². The summed E-state index contributed by atoms with van der Waals surface area (Å²) in [7, 11) is 0. The Morgan fingerprint density at radius 1 is 1.23 bits per heavy atom. The minimum atomic E-state index is -0.0630. The molecule has 0 aromatic carbocycles. The lowest BCUT2D eigenvalue weighted by atomic mass is 9.90. The van der Waals surface area contributed by atoms with Crippen molar-refractivity contribution in [2.75, 3.05) is 13.1 Å². The molecule has 0 saturated carbocycles. The maximum absolute atomic E-state index is 12.5. The number of nitrogens with zero attached hydrogens (tertiary/aromatic N) is 3. The Hall–Kier alpha value is -2.37. The van der Waals surface area contributed by atoms with Gasteiger partial charge in [-0.3, -0.25) is 14.3 Å². The molecule has 26 heavy (non-hydrogen) atoms. The first-order valence-corrected chi connectivity index (χ1v) is 9.40. The van der Waals surface area contributed by atoms with E-state index < -0.39 is 0 Å². The molecule has 0 aliphatic carbocycles. The summed E-state index contributed by atoms with van der Waals surface area (Å²) in [6.45, 7) is 8.43. The van der Waals surface area contributed by atoms with Crippen LogP contribution in [0.25, 0.3) is 0 Å². The largest absolute Gasteiger partial charge is 0.343 e. The van der Waals surface area contributed by atoms with Crippen molar-refractivity contribution >= 4 is 5.91 Å². The zero-order valence-corrected chi connectivity index (χ0v) is 15.9. The van der Waals surface area contributed by atoms with E-state index in [0.717, 1.165) is 49.3 Å². The number of amides is 1. The number of carbonyl (C=O) groups excluding carboxylic acids is 1. The SMILES string of the molecule is Cc1nn(CCC(=O)N2CCC(Cc3ccc(=O)[nH]c3)CC2)c(C)c1C. The number of likely N-dealkylation sites (tertiary alicyclic amines) is 1. The molecule has 140 valence electrons. The molecule has 1 N–H and O–H groups in total. The number of aromatic nitrogens is 3. The summed E-state index contributed by atoms with van der Waals surface area (Å²) < 4.78 is 1.95. The average molecular weight is 356 g/mol. The van der Waals surface area contributed by atoms with Gasteiger partial charge in [0, 0.05) is 44.0 Å². The zero-order valence-electron chi connectivity index (χ0n) is 15.9. The number of piperidine rings is 1. The number of carbonyl (C=O) groups is 1. The van der Waals surface area contributed by atoms with Gasteiger partial charge in [-0.1, -0.05) is 6.07 Å². The number of hydrogen-bond donors (Lipinski definition) is 1. The Bertz CT molecular complexity index is 808. The summed E-state index contributed by atoms with van der Waals surface area (Å²) >= 11 is 0. The lowest BCUT2D eigenvalue weighted by molar-refractivity contribution is -0.132. The van der Waals surface area contributed by atoms with E-state index in [1.54, 1.807) is 12.3 Å². The Kier molecular flexibility index (Phi) is 5.59. The number of pyridine rings is 1. The zero-order chi connectivity index (χ0) is 18.7. The third-order valence-corrected chi connectivity index (χ3v) is 5.62. The van der Waals surface area contributed by atoms with Crippen LogP contribution in [0.1, 0.15) is 41.8 Å². The van der Waals surface area contributed by atoms with Crippen LogP contribution in [0.15, 0.2) is 23.1 Å². The van der Waals surface area contributed by atoms with Gasteiger partial charge in [0.15, 0.2) is 0 Å². The lowest BCUT2D eigenvalue weighted by Crippen LogP contribution is -2.39. The van der Waals surface area contributed by atoms with Crippen molar-refractivity contribution in [1.82, 2.24) is 19.7 Å². The normalized spacial score (nSPS) is 15.4. The molecule has 1 aliphatic rings. The van der Waals surface area contributed by atoms with Gasteiger partial charge in [0.25, 0.3) is 0 Å². The third kappa shape index (κ3) is 4.23. The minimum absolute atomic E-state index is 0.0630. The van der Waals surface area contributed by atoms with Crippen molar-refractivity contribution in [2.45, 2.75) is 53.0 Å². The molecule has 2 aromatic heterocycles. The summed E-state index contributed by atoms with van der Waals surface area (Å²) in [6, 6.07) is 3.47. The molecule has 1 aliphatic heterocycles. The van der Waals surface area contributed by atoms with Gasteiger partial charge >= 0.3 is 0 Å². The Morgan fingerprint density at radius 3 is 2.54 bits per heavy atom. The van der Waals surface area contributed by atoms with E-state index in [0.29, 0.717) is 18.9 Å². The molecular weight excluding hydrogens is 328 g/mol. The molecular formula is C20H28N4O2. The van der Waals surface area contributed by atoms with Gasteiger partial charge in [0.1, 0.15) is 0 Å². The van der Waals surface area contributed by atoms with Crippen LogP contribution in [0.4, 0.5) is 0 Å². The fourth-order valence-electron chi connectivity index (χ4n) is 3.65. The van der Waals surface area contributed by atoms with Crippen LogP contribution in [-0.2, 0) is 17.8 Å². The van der Waals surface area contributed by atoms with Gasteiger partial charge in [-0.2, -0.15) is 5.10 Å². The van der Waals surface area contributed by atoms with Crippen molar-refractivity contribution in [3.8, 4) is 0 Å². The molecule has 0 unspecified atom stereocenters. The quantitative estimate of drug-likeness (QED) is 0.894. The van der Waals surface area contributed by atoms with Gasteiger partial charge in [-0.15, -0.1) is 0 Å². The molecule has 6 heteroatoms. The molecule has 0 atom stereocenters. The number of aromatic amines is 1. The van der Waals surface area contributed by atoms with Crippen molar-refractivity contribution in [3.63, 3.8) is 0 Å². The Balaban J connectivity index is 1.46. The molecule has 1 saturated heterocycles. The topological polar surface area (TPSA) is 71.0 Å². The molecule has 6 nitrogen and oxygen atoms in total. The van der Waals surface area contributed by atoms with Gasteiger partial charge in [0.2, 0.25) is 11.5 Å². The van der Waals surface area contributed by atoms with E-state index in [9.17, 15) is 9.59 Å². The van der Waals surface area contributed by atoms with Crippen LogP contribution in [0.3, 0.4) is 0 Å². The fourth-order valence-corrected chi connectivity index (χ4v) is 3.65. The standard InChI is InChI=1S/C20H28N4O2/c1-14-15(2)22-24(16(14)3)11-8-20(26)23-9-6-17(7-10-23)12-18-4-5-19(25)21-13-18/h4-5,13,17H,6-12H2,1-3H3,(H,21,25). The summed E-state index contributed by atoms with van der Waals surface area (Å²) in [5.41, 5.74) is 4.50. The highest BCUT2D eigenvalue weighted by molar-refractivity contribution is 5.76. The number of rotatable bonds is 5. The lowest BCUT2D eigenvalue weighted by Gasteiger charge is -2.32. The third-order valence-electron chi connectivity index (χ3n) is 5.62. The molecule has 2 aromatic rings. The highest BCUT2D eigenvalue weighted by atomic mass is 16.2. The van der Waals surface area contributed by atoms with E-state index >= 15 is 0 Å². The highest BCUT2D eigenvalue weighted by Crippen LogP contribution is 2.22. The molecule has 1 amide bonds. The highest BCUT2D eigenvalue weighted by Gasteiger charge is 2.23. The summed E-state index contributed by atoms with van der Waals surface area (Å²) in [5, 5.41) is 4.51. The molecule has 1 fully saturated rings. The van der Waals surface area contributed by atoms with Gasteiger partial charge < -0.3 is 9.88 Å². The van der Waals surface area contributed by atoms with E-state index in [1.807, 2.05) is 22.6 Å². The second-order valence-corrected chi connectivity index (χ2v) is 7.36. The predicted octanol–water partition coefficient (Wildman–Crippen LogP) is 2.37. The minimum Gasteiger partial charge on any atom is -0.343 e. The summed E-state index contributed by atoms with van der Waals surface area (Å²) in [4.78, 5) is 28.4. The second kappa shape index (κ2) is 7.89. The van der Waals surface area contributed by atoms with Crippen molar-refractivity contribution in [1.29, 1.82) is 0 Å². The van der Waals surface area contributed by atoms with E-state index in [1.165, 1.54) is 5.56 Å². The van der Waals surface area contributed by atoms with Crippen molar-refractivity contribution in [3.05, 3.63) is 51.2 Å². The van der Waals surface area contributed by atoms with Crippen LogP contribution in [0.5, 0.6) is 0 Å². The predicted molar refractivity (Wildman–Crippen MR) is 101 cm³/mol. The van der Waals surface area contributed by atoms with E-state index in [-0.39, 0.29) is 11.5 Å². The number of H-pyrrole nitrogens is 1. The van der Waals surface area contributed by atoms with E-state index in [4.69, 9.17) is 0 Å². The van der Waals surface area contributed by atoms with Crippen LogP contribution < -0.4 is 5.56 Å². The van der Waals surface area contributed by atoms with Crippen molar-refractivity contribution in [2.24, 2.45) is 5.92 Å². The maximum atomic E-state index is 12.5. The molecule has 3 rings (SSSR count). The number of nitrogens with one attached hydrogen (secondary N) is 1. The maximum Gasteiger partial charge on any atom is 0.247 e. The van der Waals surface area contributed by atoms with Crippen LogP contribution >= 0.6 is 0 Å². The van der Waals surface area contributed by atoms with Crippen LogP contribution in [0.2, 0.25) is 0 Å². The Labute approximate surface area is 154 Å². The molecule has 0 spiro atoms. The van der Waals surface area contributed by atoms with Gasteiger partial charge in [-0.25, -0.2) is 0 Å². The summed E-state index contributed by atoms with van der Waals surface area (Å²) in [5.74, 6) is 0.793. The second-order valence-electron chi connectivity index (χ2n) is 7.36. The molecule has 0 bridgehead atoms. The number of aryl methyl sites for hydroxylation is 2. The van der Waals surface area contributed by atoms with Crippen LogP contribution in [0, 0.1) is 26.7 Å². The fraction of sp³-hybridized carbons (Fsp3) is 0.550. The first-order valence-electron chi connectivity index (χ1n) is 9.40. The first-order chi connectivity index (χ1) is 12.4. The van der Waals surface area contributed by atoms with Gasteiger partial charge in [-0.05, 0) is 57.1 Å². The first kappa shape index (κ1) is 18.4. The Morgan fingerprint density at radius 2 is 1.96 bits per heavy atom. The van der Waals surface area contributed by atoms with Gasteiger partial charge in [0.05, 0.1) is 5.69 Å². The van der Waals surface area contributed by atoms with E-state index in [2.05, 4.69) is 23.9 Å².